The van der Waals surface area contributed by atoms with Gasteiger partial charge in [0.05, 0.1) is 18.6 Å². The molecule has 0 fully saturated rings. The van der Waals surface area contributed by atoms with Gasteiger partial charge in [0.1, 0.15) is 12.4 Å². The van der Waals surface area contributed by atoms with Crippen molar-refractivity contribution in [2.45, 2.75) is 36.5 Å². The van der Waals surface area contributed by atoms with E-state index in [9.17, 15) is 17.8 Å². The van der Waals surface area contributed by atoms with Gasteiger partial charge in [-0.3, -0.25) is 4.55 Å². The number of methoxy groups -OCH3 is 1. The number of amides is 1. The van der Waals surface area contributed by atoms with Crippen LogP contribution in [0, 0.1) is 0 Å². The van der Waals surface area contributed by atoms with Crippen LogP contribution in [0.1, 0.15) is 23.1 Å². The van der Waals surface area contributed by atoms with Gasteiger partial charge in [0, 0.05) is 11.0 Å². The maximum absolute atomic E-state index is 12.7. The minimum Gasteiger partial charge on any atom is -0.497 e. The summed E-state index contributed by atoms with van der Waals surface area (Å²) in [5.41, 5.74) is 3.01. The van der Waals surface area contributed by atoms with Gasteiger partial charge in [-0.05, 0) is 47.7 Å². The third kappa shape index (κ3) is 10.7. The highest BCUT2D eigenvalue weighted by atomic mass is 32.2. The molecule has 3 rings (SSSR count). The first kappa shape index (κ1) is 28.3. The molecule has 0 saturated carbocycles. The Labute approximate surface area is 222 Å². The predicted molar refractivity (Wildman–Crippen MR) is 147 cm³/mol. The number of aryl methyl sites for hydroxylation is 1. The van der Waals surface area contributed by atoms with Crippen LogP contribution in [0.3, 0.4) is 0 Å². The van der Waals surface area contributed by atoms with E-state index >= 15 is 0 Å². The second-order valence-electron chi connectivity index (χ2n) is 8.30. The molecule has 3 aromatic rings. The Bertz CT molecular complexity index is 1230. The SMILES string of the molecule is COc1ccc(CS[C@H](CCc2ccccc2)[C@H](/C=C/S(=O)(=O)O)NC(=O)OCc2ccccc2)cc1. The number of carbonyl (C=O) groups excluding carboxylic acids is 1. The van der Waals surface area contributed by atoms with E-state index in [4.69, 9.17) is 9.47 Å². The summed E-state index contributed by atoms with van der Waals surface area (Å²) >= 11 is 1.58. The largest absolute Gasteiger partial charge is 0.497 e. The lowest BCUT2D eigenvalue weighted by Crippen LogP contribution is -2.41. The van der Waals surface area contributed by atoms with Crippen molar-refractivity contribution in [1.29, 1.82) is 0 Å². The molecular weight excluding hydrogens is 510 g/mol. The highest BCUT2D eigenvalue weighted by Crippen LogP contribution is 2.27. The molecule has 9 heteroatoms. The molecule has 0 spiro atoms. The van der Waals surface area contributed by atoms with Crippen molar-refractivity contribution in [3.8, 4) is 5.75 Å². The molecule has 37 heavy (non-hydrogen) atoms. The van der Waals surface area contributed by atoms with Gasteiger partial charge in [-0.15, -0.1) is 0 Å². The van der Waals surface area contributed by atoms with Crippen molar-refractivity contribution < 1.29 is 27.2 Å². The van der Waals surface area contributed by atoms with Gasteiger partial charge in [0.25, 0.3) is 10.1 Å². The minimum absolute atomic E-state index is 0.0785. The average molecular weight is 542 g/mol. The van der Waals surface area contributed by atoms with Crippen LogP contribution in [0.5, 0.6) is 5.75 Å². The highest BCUT2D eigenvalue weighted by molar-refractivity contribution is 7.99. The Morgan fingerprint density at radius 3 is 2.16 bits per heavy atom. The molecule has 0 aliphatic rings. The molecule has 2 N–H and O–H groups in total. The molecule has 0 radical (unpaired) electrons. The van der Waals surface area contributed by atoms with E-state index in [1.165, 1.54) is 6.08 Å². The molecule has 1 amide bonds. The van der Waals surface area contributed by atoms with Gasteiger partial charge in [-0.25, -0.2) is 4.79 Å². The quantitative estimate of drug-likeness (QED) is 0.271. The molecule has 0 aliphatic carbocycles. The summed E-state index contributed by atoms with van der Waals surface area (Å²) in [6, 6.07) is 26.2. The third-order valence-corrected chi connectivity index (χ3v) is 7.50. The maximum Gasteiger partial charge on any atom is 0.407 e. The van der Waals surface area contributed by atoms with Crippen LogP contribution in [0.4, 0.5) is 4.79 Å². The van der Waals surface area contributed by atoms with Crippen LogP contribution < -0.4 is 10.1 Å². The molecule has 3 aromatic carbocycles. The van der Waals surface area contributed by atoms with Crippen molar-refractivity contribution in [1.82, 2.24) is 5.32 Å². The topological polar surface area (TPSA) is 102 Å². The predicted octanol–water partition coefficient (Wildman–Crippen LogP) is 5.63. The first-order chi connectivity index (χ1) is 17.8. The van der Waals surface area contributed by atoms with Gasteiger partial charge < -0.3 is 14.8 Å². The standard InChI is InChI=1S/C28H31NO6S2/c1-34-25-15-12-24(13-16-25)21-36-27(17-14-22-8-4-2-5-9-22)26(18-19-37(31,32)33)29-28(30)35-20-23-10-6-3-7-11-23/h2-13,15-16,18-19,26-27H,14,17,20-21H2,1H3,(H,29,30)(H,31,32,33)/b19-18+/t26-,27+/m0/s1. The Hall–Kier alpha value is -3.27. The summed E-state index contributed by atoms with van der Waals surface area (Å²) in [7, 11) is -2.77. The Morgan fingerprint density at radius 2 is 1.57 bits per heavy atom. The van der Waals surface area contributed by atoms with Crippen LogP contribution in [-0.2, 0) is 33.6 Å². The number of nitrogens with one attached hydrogen (secondary N) is 1. The number of alkyl carbamates (subject to hydrolysis) is 1. The fourth-order valence-electron chi connectivity index (χ4n) is 3.59. The van der Waals surface area contributed by atoms with Crippen molar-refractivity contribution in [2.24, 2.45) is 0 Å². The third-order valence-electron chi connectivity index (χ3n) is 5.54. The van der Waals surface area contributed by atoms with Crippen LogP contribution >= 0.6 is 11.8 Å². The van der Waals surface area contributed by atoms with E-state index < -0.39 is 22.3 Å². The number of rotatable bonds is 13. The molecule has 0 heterocycles. The lowest BCUT2D eigenvalue weighted by atomic mass is 10.0. The zero-order chi connectivity index (χ0) is 26.5. The van der Waals surface area contributed by atoms with Gasteiger partial charge in [-0.2, -0.15) is 20.2 Å². The molecule has 0 unspecified atom stereocenters. The second-order valence-corrected chi connectivity index (χ2v) is 10.8. The molecule has 2 atom stereocenters. The van der Waals surface area contributed by atoms with E-state index in [2.05, 4.69) is 5.32 Å². The zero-order valence-corrected chi connectivity index (χ0v) is 22.2. The van der Waals surface area contributed by atoms with Crippen molar-refractivity contribution in [3.05, 3.63) is 113 Å². The van der Waals surface area contributed by atoms with Crippen molar-refractivity contribution >= 4 is 28.0 Å². The molecule has 7 nitrogen and oxygen atoms in total. The van der Waals surface area contributed by atoms with Gasteiger partial charge in [-0.1, -0.05) is 72.8 Å². The summed E-state index contributed by atoms with van der Waals surface area (Å²) in [5.74, 6) is 1.38. The molecule has 0 aliphatic heterocycles. The smallest absolute Gasteiger partial charge is 0.407 e. The van der Waals surface area contributed by atoms with Gasteiger partial charge in [0.2, 0.25) is 0 Å². The molecular formula is C28H31NO6S2. The Balaban J connectivity index is 1.76. The molecule has 0 saturated heterocycles. The van der Waals surface area contributed by atoms with Crippen LogP contribution in [0.2, 0.25) is 0 Å². The van der Waals surface area contributed by atoms with E-state index in [0.717, 1.165) is 28.9 Å². The van der Waals surface area contributed by atoms with E-state index in [0.29, 0.717) is 17.6 Å². The normalized spacial score (nSPS) is 13.1. The lowest BCUT2D eigenvalue weighted by Gasteiger charge is -2.25. The number of carbonyl (C=O) groups is 1. The molecule has 0 bridgehead atoms. The van der Waals surface area contributed by atoms with E-state index in [1.807, 2.05) is 84.9 Å². The van der Waals surface area contributed by atoms with E-state index in [1.54, 1.807) is 18.9 Å². The first-order valence-corrected chi connectivity index (χ1v) is 14.3. The van der Waals surface area contributed by atoms with Crippen LogP contribution in [-0.4, -0.2) is 37.5 Å². The fraction of sp³-hybridized carbons (Fsp3) is 0.250. The Kier molecular flexibility index (Phi) is 11.1. The van der Waals surface area contributed by atoms with Gasteiger partial charge >= 0.3 is 6.09 Å². The maximum atomic E-state index is 12.7. The van der Waals surface area contributed by atoms with Crippen LogP contribution in [0.15, 0.2) is 96.4 Å². The fourth-order valence-corrected chi connectivity index (χ4v) is 5.21. The second kappa shape index (κ2) is 14.5. The number of benzene rings is 3. The number of ether oxygens (including phenoxy) is 2. The monoisotopic (exact) mass is 541 g/mol. The summed E-state index contributed by atoms with van der Waals surface area (Å²) in [6.45, 7) is 0.0785. The van der Waals surface area contributed by atoms with Crippen molar-refractivity contribution in [3.63, 3.8) is 0 Å². The summed E-state index contributed by atoms with van der Waals surface area (Å²) < 4.78 is 42.9. The highest BCUT2D eigenvalue weighted by Gasteiger charge is 2.23. The summed E-state index contributed by atoms with van der Waals surface area (Å²) in [5, 5.41) is 3.28. The van der Waals surface area contributed by atoms with Crippen LogP contribution in [0.25, 0.3) is 0 Å². The average Bonchev–Trinajstić information content (AvgIpc) is 2.91. The number of hydrogen-bond donors (Lipinski definition) is 2. The minimum atomic E-state index is -4.38. The molecule has 0 aromatic heterocycles. The number of hydrogen-bond acceptors (Lipinski definition) is 6. The van der Waals surface area contributed by atoms with Gasteiger partial charge in [0.15, 0.2) is 0 Å². The van der Waals surface area contributed by atoms with E-state index in [-0.39, 0.29) is 11.9 Å². The lowest BCUT2D eigenvalue weighted by molar-refractivity contribution is 0.137. The first-order valence-electron chi connectivity index (χ1n) is 11.7. The summed E-state index contributed by atoms with van der Waals surface area (Å²) in [4.78, 5) is 12.7. The van der Waals surface area contributed by atoms with Crippen molar-refractivity contribution in [2.75, 3.05) is 7.11 Å². The Morgan fingerprint density at radius 1 is 0.946 bits per heavy atom. The molecule has 196 valence electrons. The zero-order valence-electron chi connectivity index (χ0n) is 20.5. The number of thioether (sulfide) groups is 1. The summed E-state index contributed by atoms with van der Waals surface area (Å²) in [6.07, 6.45) is 1.99.